The zero-order chi connectivity index (χ0) is 55.8. The molecule has 11 atom stereocenters. The highest BCUT2D eigenvalue weighted by atomic mass is 16.7. The zero-order valence-electron chi connectivity index (χ0n) is 48.2. The van der Waals surface area contributed by atoms with Gasteiger partial charge in [0.25, 0.3) is 0 Å². The molecule has 2 aliphatic rings. The third-order valence-electron chi connectivity index (χ3n) is 14.5. The lowest BCUT2D eigenvalue weighted by Crippen LogP contribution is -2.61. The first kappa shape index (κ1) is 70.8. The quantitative estimate of drug-likeness (QED) is 0.0172. The molecule has 0 bridgehead atoms. The molecule has 2 heterocycles. The van der Waals surface area contributed by atoms with Crippen LogP contribution in [0.5, 0.6) is 0 Å². The van der Waals surface area contributed by atoms with Crippen molar-refractivity contribution in [2.24, 2.45) is 0 Å². The Balaban J connectivity index is 1.69. The van der Waals surface area contributed by atoms with Crippen molar-refractivity contribution in [2.45, 2.75) is 300 Å². The molecule has 11 unspecified atom stereocenters. The van der Waals surface area contributed by atoms with Crippen LogP contribution in [0.3, 0.4) is 0 Å². The van der Waals surface area contributed by atoms with E-state index >= 15 is 0 Å². The molecule has 0 saturated carbocycles. The average Bonchev–Trinajstić information content (AvgIpc) is 3.43. The second-order valence-corrected chi connectivity index (χ2v) is 21.5. The Kier molecular flexibility index (Phi) is 45.5. The van der Waals surface area contributed by atoms with Gasteiger partial charge in [-0.3, -0.25) is 4.79 Å². The molecule has 0 aromatic carbocycles. The molecule has 77 heavy (non-hydrogen) atoms. The summed E-state index contributed by atoms with van der Waals surface area (Å²) in [5, 5.41) is 72.4. The van der Waals surface area contributed by atoms with E-state index in [4.69, 9.17) is 28.4 Å². The number of aliphatic hydroxyl groups excluding tert-OH is 7. The van der Waals surface area contributed by atoms with Gasteiger partial charge >= 0.3 is 5.97 Å². The molecule has 0 radical (unpaired) electrons. The van der Waals surface area contributed by atoms with Crippen LogP contribution in [0.15, 0.2) is 60.8 Å². The van der Waals surface area contributed by atoms with Crippen molar-refractivity contribution in [3.8, 4) is 0 Å². The fourth-order valence-electron chi connectivity index (χ4n) is 9.57. The monoisotopic (exact) mass is 1090 g/mol. The van der Waals surface area contributed by atoms with E-state index in [2.05, 4.69) is 74.6 Å². The summed E-state index contributed by atoms with van der Waals surface area (Å²) in [6.45, 7) is 3.58. The smallest absolute Gasteiger partial charge is 0.306 e. The molecule has 0 aromatic heterocycles. The molecule has 448 valence electrons. The molecule has 2 rings (SSSR count). The first-order valence-corrected chi connectivity index (χ1v) is 30.9. The van der Waals surface area contributed by atoms with Crippen LogP contribution in [0, 0.1) is 0 Å². The van der Waals surface area contributed by atoms with E-state index in [1.54, 1.807) is 0 Å². The van der Waals surface area contributed by atoms with Crippen molar-refractivity contribution >= 4 is 5.97 Å². The van der Waals surface area contributed by atoms with Gasteiger partial charge in [0, 0.05) is 13.0 Å². The van der Waals surface area contributed by atoms with Crippen LogP contribution < -0.4 is 0 Å². The van der Waals surface area contributed by atoms with Crippen LogP contribution >= 0.6 is 0 Å². The number of ether oxygens (including phenoxy) is 6. The SMILES string of the molecule is CC/C=C\C/C=C\C/C=C\C/C=C\CCCCCCCCC(=O)OC(COCCCCCCCCCCCCCC/C=C\CCCCCCCCCC)COC1OC(COC2OC(CO)C(O)C(O)C2O)C(O)C(O)C1O. The number of hydrogen-bond acceptors (Lipinski definition) is 14. The van der Waals surface area contributed by atoms with Gasteiger partial charge in [0.2, 0.25) is 0 Å². The zero-order valence-corrected chi connectivity index (χ0v) is 48.2. The molecular formula is C63H112O14. The van der Waals surface area contributed by atoms with Crippen molar-refractivity contribution in [3.63, 3.8) is 0 Å². The summed E-state index contributed by atoms with van der Waals surface area (Å²) in [6.07, 6.45) is 45.7. The Morgan fingerprint density at radius 2 is 0.844 bits per heavy atom. The van der Waals surface area contributed by atoms with Crippen LogP contribution in [0.2, 0.25) is 0 Å². The number of allylic oxidation sites excluding steroid dienone is 10. The van der Waals surface area contributed by atoms with E-state index < -0.39 is 80.7 Å². The predicted molar refractivity (Wildman–Crippen MR) is 307 cm³/mol. The summed E-state index contributed by atoms with van der Waals surface area (Å²) in [4.78, 5) is 13.1. The van der Waals surface area contributed by atoms with Crippen LogP contribution in [0.1, 0.15) is 232 Å². The second kappa shape index (κ2) is 49.5. The molecule has 0 aromatic rings. The minimum Gasteiger partial charge on any atom is -0.457 e. The summed E-state index contributed by atoms with van der Waals surface area (Å²) in [5.41, 5.74) is 0. The van der Waals surface area contributed by atoms with Crippen molar-refractivity contribution in [1.29, 1.82) is 0 Å². The Bertz CT molecular complexity index is 1500. The fourth-order valence-corrected chi connectivity index (χ4v) is 9.57. The molecule has 0 spiro atoms. The highest BCUT2D eigenvalue weighted by Gasteiger charge is 2.47. The van der Waals surface area contributed by atoms with E-state index in [0.29, 0.717) is 13.0 Å². The molecule has 7 N–H and O–H groups in total. The van der Waals surface area contributed by atoms with Crippen LogP contribution in [0.4, 0.5) is 0 Å². The lowest BCUT2D eigenvalue weighted by molar-refractivity contribution is -0.332. The van der Waals surface area contributed by atoms with Gasteiger partial charge in [0.05, 0.1) is 26.4 Å². The molecule has 14 heteroatoms. The van der Waals surface area contributed by atoms with Gasteiger partial charge in [0.1, 0.15) is 54.9 Å². The average molecular weight is 1090 g/mol. The number of rotatable bonds is 50. The van der Waals surface area contributed by atoms with Crippen molar-refractivity contribution in [1.82, 2.24) is 0 Å². The molecule has 14 nitrogen and oxygen atoms in total. The molecule has 0 aliphatic carbocycles. The summed E-state index contributed by atoms with van der Waals surface area (Å²) >= 11 is 0. The maximum Gasteiger partial charge on any atom is 0.306 e. The van der Waals surface area contributed by atoms with Gasteiger partial charge in [-0.25, -0.2) is 0 Å². The van der Waals surface area contributed by atoms with Gasteiger partial charge in [-0.15, -0.1) is 0 Å². The number of esters is 1. The number of carbonyl (C=O) groups is 1. The fraction of sp³-hybridized carbons (Fsp3) is 0.825. The number of hydrogen-bond donors (Lipinski definition) is 7. The maximum atomic E-state index is 13.1. The third kappa shape index (κ3) is 35.9. The van der Waals surface area contributed by atoms with Crippen molar-refractivity contribution in [3.05, 3.63) is 60.8 Å². The molecule has 2 aliphatic heterocycles. The summed E-state index contributed by atoms with van der Waals surface area (Å²) in [6, 6.07) is 0. The van der Waals surface area contributed by atoms with Gasteiger partial charge in [0.15, 0.2) is 12.6 Å². The highest BCUT2D eigenvalue weighted by Crippen LogP contribution is 2.27. The summed E-state index contributed by atoms with van der Waals surface area (Å²) in [5.74, 6) is -0.389. The van der Waals surface area contributed by atoms with Crippen LogP contribution in [-0.4, -0.2) is 142 Å². The Morgan fingerprint density at radius 1 is 0.442 bits per heavy atom. The third-order valence-corrected chi connectivity index (χ3v) is 14.5. The van der Waals surface area contributed by atoms with Crippen LogP contribution in [0.25, 0.3) is 0 Å². The van der Waals surface area contributed by atoms with E-state index in [1.165, 1.54) is 122 Å². The molecule has 0 amide bonds. The minimum atomic E-state index is -1.71. The number of aliphatic hydroxyl groups is 7. The number of carbonyl (C=O) groups excluding carboxylic acids is 1. The van der Waals surface area contributed by atoms with Crippen LogP contribution in [-0.2, 0) is 33.2 Å². The highest BCUT2D eigenvalue weighted by molar-refractivity contribution is 5.69. The standard InChI is InChI=1S/C63H112O14/c1-3-5-7-9-11-13-15-17-19-21-23-24-25-26-27-29-31-33-35-37-39-41-43-45-47-72-49-52(75-55(65)46-44-42-40-38-36-34-32-30-28-22-20-18-16-14-12-10-8-6-4-2)50-73-62-61(71)59(69)57(67)54(77-62)51-74-63-60(70)58(68)56(66)53(48-64)76-63/h6,8,12,14,18,20-21,23,28,30,52-54,56-64,66-71H,3-5,7,9-11,13,15-17,19,22,24-27,29,31-51H2,1-2H3/b8-6-,14-12-,20-18-,23-21-,30-28-. The normalized spacial score (nSPS) is 24.7. The summed E-state index contributed by atoms with van der Waals surface area (Å²) < 4.78 is 34.4. The molecule has 2 saturated heterocycles. The first-order chi connectivity index (χ1) is 37.6. The first-order valence-electron chi connectivity index (χ1n) is 30.9. The molecular weight excluding hydrogens is 981 g/mol. The van der Waals surface area contributed by atoms with E-state index in [1.807, 2.05) is 0 Å². The van der Waals surface area contributed by atoms with Gasteiger partial charge in [-0.05, 0) is 77.0 Å². The summed E-state index contributed by atoms with van der Waals surface area (Å²) in [7, 11) is 0. The lowest BCUT2D eigenvalue weighted by atomic mass is 9.98. The Hall–Kier alpha value is -2.31. The van der Waals surface area contributed by atoms with Gasteiger partial charge < -0.3 is 64.2 Å². The topological polar surface area (TPSA) is 214 Å². The van der Waals surface area contributed by atoms with Gasteiger partial charge in [-0.2, -0.15) is 0 Å². The maximum absolute atomic E-state index is 13.1. The van der Waals surface area contributed by atoms with E-state index in [0.717, 1.165) is 83.5 Å². The lowest BCUT2D eigenvalue weighted by Gasteiger charge is -2.42. The largest absolute Gasteiger partial charge is 0.457 e. The number of unbranched alkanes of at least 4 members (excludes halogenated alkanes) is 26. The Morgan fingerprint density at radius 3 is 1.34 bits per heavy atom. The van der Waals surface area contributed by atoms with Crippen molar-refractivity contribution in [2.75, 3.05) is 33.0 Å². The van der Waals surface area contributed by atoms with E-state index in [-0.39, 0.29) is 25.6 Å². The van der Waals surface area contributed by atoms with Crippen molar-refractivity contribution < 1.29 is 69.0 Å². The molecule has 2 fully saturated rings. The second-order valence-electron chi connectivity index (χ2n) is 21.5. The Labute approximate surface area is 466 Å². The van der Waals surface area contributed by atoms with E-state index in [9.17, 15) is 40.5 Å². The minimum absolute atomic E-state index is 0.0543. The predicted octanol–water partition coefficient (Wildman–Crippen LogP) is 11.6. The van der Waals surface area contributed by atoms with Gasteiger partial charge in [-0.1, -0.05) is 209 Å².